The average Bonchev–Trinajstić information content (AvgIpc) is 3.39. The molecule has 2 rings (SSSR count). The van der Waals surface area contributed by atoms with Crippen LogP contribution >= 0.6 is 0 Å². The zero-order chi connectivity index (χ0) is 30.2. The van der Waals surface area contributed by atoms with E-state index >= 15 is 0 Å². The van der Waals surface area contributed by atoms with Crippen LogP contribution in [0.5, 0.6) is 5.75 Å². The van der Waals surface area contributed by atoms with Crippen molar-refractivity contribution in [3.8, 4) is 5.75 Å². The molecule has 1 aromatic heterocycles. The van der Waals surface area contributed by atoms with Gasteiger partial charge in [0.15, 0.2) is 0 Å². The van der Waals surface area contributed by atoms with Gasteiger partial charge in [-0.1, -0.05) is 12.1 Å². The van der Waals surface area contributed by atoms with Crippen molar-refractivity contribution in [3.63, 3.8) is 0 Å². The molecule has 4 amide bonds. The van der Waals surface area contributed by atoms with Crippen LogP contribution in [0.1, 0.15) is 49.5 Å². The zero-order valence-corrected chi connectivity index (χ0v) is 22.5. The number of furan rings is 1. The van der Waals surface area contributed by atoms with Gasteiger partial charge in [0.25, 0.3) is 0 Å². The average molecular weight is 575 g/mol. The lowest BCUT2D eigenvalue weighted by atomic mass is 10.1. The van der Waals surface area contributed by atoms with Gasteiger partial charge in [-0.2, -0.15) is 0 Å². The quantitative estimate of drug-likeness (QED) is 0.128. The standard InChI is InChI=1S/C27H34N4O10/c1-17(33)30-22(26(36)37)7-9-25(35)31-23(27(38)39)6-8-24(34)29-11-10-18-2-4-20(5-3-18)40-14-19-12-21(41-15-19)13-28-16-32/h2-5,12,15-16,22-23H,6-11,13-14H2,1H3,(H,28,32)(H,29,34)(H,30,33)(H,31,35)(H,36,37)(H,38,39)/t22-,23-/m1/s1. The summed E-state index contributed by atoms with van der Waals surface area (Å²) in [5.74, 6) is -3.04. The summed E-state index contributed by atoms with van der Waals surface area (Å²) in [5, 5.41) is 28.2. The molecule has 6 N–H and O–H groups in total. The Kier molecular flexibility index (Phi) is 13.4. The molecule has 0 radical (unpaired) electrons. The minimum atomic E-state index is -1.33. The maximum absolute atomic E-state index is 12.2. The molecule has 0 aliphatic rings. The highest BCUT2D eigenvalue weighted by Crippen LogP contribution is 2.16. The summed E-state index contributed by atoms with van der Waals surface area (Å²) in [5.41, 5.74) is 1.76. The van der Waals surface area contributed by atoms with Gasteiger partial charge in [-0.3, -0.25) is 19.2 Å². The Hall–Kier alpha value is -4.88. The highest BCUT2D eigenvalue weighted by molar-refractivity contribution is 5.86. The van der Waals surface area contributed by atoms with E-state index in [1.165, 1.54) is 0 Å². The number of aliphatic carboxylic acids is 2. The van der Waals surface area contributed by atoms with Gasteiger partial charge in [0.1, 0.15) is 30.2 Å². The van der Waals surface area contributed by atoms with Gasteiger partial charge in [-0.25, -0.2) is 9.59 Å². The first-order valence-corrected chi connectivity index (χ1v) is 12.8. The van der Waals surface area contributed by atoms with Crippen LogP contribution in [0.15, 0.2) is 41.0 Å². The fourth-order valence-corrected chi connectivity index (χ4v) is 3.67. The Balaban J connectivity index is 1.69. The summed E-state index contributed by atoms with van der Waals surface area (Å²) in [6.45, 7) is 2.04. The van der Waals surface area contributed by atoms with Gasteiger partial charge < -0.3 is 40.6 Å². The molecule has 14 nitrogen and oxygen atoms in total. The third kappa shape index (κ3) is 12.7. The predicted molar refractivity (Wildman–Crippen MR) is 142 cm³/mol. The van der Waals surface area contributed by atoms with Crippen molar-refractivity contribution >= 4 is 36.1 Å². The highest BCUT2D eigenvalue weighted by atomic mass is 16.5. The second-order valence-corrected chi connectivity index (χ2v) is 9.08. The van der Waals surface area contributed by atoms with Crippen LogP contribution < -0.4 is 26.0 Å². The van der Waals surface area contributed by atoms with E-state index in [0.29, 0.717) is 37.4 Å². The van der Waals surface area contributed by atoms with Crippen LogP contribution in [-0.2, 0) is 48.3 Å². The Labute approximate surface area is 235 Å². The Morgan fingerprint density at radius 2 is 1.56 bits per heavy atom. The predicted octanol–water partition coefficient (Wildman–Crippen LogP) is 0.482. The van der Waals surface area contributed by atoms with E-state index < -0.39 is 35.8 Å². The molecule has 222 valence electrons. The molecule has 1 heterocycles. The molecule has 0 aliphatic heterocycles. The molecule has 0 saturated carbocycles. The van der Waals surface area contributed by atoms with Gasteiger partial charge in [0.05, 0.1) is 12.8 Å². The van der Waals surface area contributed by atoms with E-state index in [9.17, 15) is 33.9 Å². The van der Waals surface area contributed by atoms with Crippen LogP contribution in [0.4, 0.5) is 0 Å². The number of amides is 4. The van der Waals surface area contributed by atoms with Crippen molar-refractivity contribution in [1.29, 1.82) is 0 Å². The summed E-state index contributed by atoms with van der Waals surface area (Å²) < 4.78 is 11.0. The van der Waals surface area contributed by atoms with Crippen molar-refractivity contribution in [1.82, 2.24) is 21.3 Å². The lowest BCUT2D eigenvalue weighted by Crippen LogP contribution is -2.43. The third-order valence-electron chi connectivity index (χ3n) is 5.76. The molecule has 41 heavy (non-hydrogen) atoms. The molecule has 14 heteroatoms. The van der Waals surface area contributed by atoms with E-state index in [0.717, 1.165) is 18.1 Å². The molecule has 0 unspecified atom stereocenters. The number of benzene rings is 1. The number of nitrogens with one attached hydrogen (secondary N) is 4. The number of ether oxygens (including phenoxy) is 1. The van der Waals surface area contributed by atoms with Crippen LogP contribution in [0.3, 0.4) is 0 Å². The van der Waals surface area contributed by atoms with Crippen LogP contribution in [0.25, 0.3) is 0 Å². The van der Waals surface area contributed by atoms with E-state index in [1.807, 2.05) is 12.1 Å². The zero-order valence-electron chi connectivity index (χ0n) is 22.5. The van der Waals surface area contributed by atoms with E-state index in [1.54, 1.807) is 24.5 Å². The maximum atomic E-state index is 12.2. The first-order valence-electron chi connectivity index (χ1n) is 12.8. The maximum Gasteiger partial charge on any atom is 0.326 e. The molecule has 2 atom stereocenters. The Morgan fingerprint density at radius 3 is 2.17 bits per heavy atom. The number of rotatable bonds is 19. The monoisotopic (exact) mass is 574 g/mol. The fraction of sp³-hybridized carbons (Fsp3) is 0.407. The summed E-state index contributed by atoms with van der Waals surface area (Å²) in [7, 11) is 0. The molecule has 1 aromatic carbocycles. The van der Waals surface area contributed by atoms with Crippen molar-refractivity contribution in [2.24, 2.45) is 0 Å². The first kappa shape index (κ1) is 32.3. The van der Waals surface area contributed by atoms with Crippen LogP contribution in [0.2, 0.25) is 0 Å². The second-order valence-electron chi connectivity index (χ2n) is 9.08. The SMILES string of the molecule is CC(=O)N[C@H](CCC(=O)N[C@H](CCC(=O)NCCc1ccc(OCc2coc(CNC=O)c2)cc1)C(=O)O)C(=O)O. The first-order chi connectivity index (χ1) is 19.6. The van der Waals surface area contributed by atoms with Crippen LogP contribution in [-0.4, -0.2) is 64.9 Å². The number of carboxylic acid groups (broad SMARTS) is 2. The molecular weight excluding hydrogens is 540 g/mol. The van der Waals surface area contributed by atoms with Crippen molar-refractivity contribution in [3.05, 3.63) is 53.5 Å². The molecule has 0 spiro atoms. The van der Waals surface area contributed by atoms with Crippen LogP contribution in [0, 0.1) is 0 Å². The lowest BCUT2D eigenvalue weighted by molar-refractivity contribution is -0.143. The van der Waals surface area contributed by atoms with E-state index in [2.05, 4.69) is 21.3 Å². The second kappa shape index (κ2) is 16.9. The summed E-state index contributed by atoms with van der Waals surface area (Å²) >= 11 is 0. The number of carbonyl (C=O) groups excluding carboxylic acids is 4. The normalized spacial score (nSPS) is 11.9. The molecular formula is C27H34N4O10. The topological polar surface area (TPSA) is 213 Å². The molecule has 0 saturated heterocycles. The minimum absolute atomic E-state index is 0.144. The number of carbonyl (C=O) groups is 6. The third-order valence-corrected chi connectivity index (χ3v) is 5.76. The van der Waals surface area contributed by atoms with Gasteiger partial charge in [0, 0.05) is 31.9 Å². The fourth-order valence-electron chi connectivity index (χ4n) is 3.67. The van der Waals surface area contributed by atoms with E-state index in [4.69, 9.17) is 14.3 Å². The van der Waals surface area contributed by atoms with E-state index in [-0.39, 0.29) is 38.2 Å². The largest absolute Gasteiger partial charge is 0.489 e. The Bertz CT molecular complexity index is 1190. The van der Waals surface area contributed by atoms with Gasteiger partial charge in [0.2, 0.25) is 24.1 Å². The summed E-state index contributed by atoms with van der Waals surface area (Å²) in [6, 6.07) is 6.48. The number of carboxylic acids is 2. The molecule has 2 aromatic rings. The number of hydrogen-bond donors (Lipinski definition) is 6. The lowest BCUT2D eigenvalue weighted by Gasteiger charge is -2.16. The van der Waals surface area contributed by atoms with Crippen molar-refractivity contribution in [2.45, 2.75) is 64.3 Å². The molecule has 0 aliphatic carbocycles. The van der Waals surface area contributed by atoms with Gasteiger partial charge >= 0.3 is 11.9 Å². The highest BCUT2D eigenvalue weighted by Gasteiger charge is 2.23. The molecule has 0 bridgehead atoms. The molecule has 0 fully saturated rings. The summed E-state index contributed by atoms with van der Waals surface area (Å²) in [4.78, 5) is 68.4. The Morgan fingerprint density at radius 1 is 0.927 bits per heavy atom. The van der Waals surface area contributed by atoms with Crippen molar-refractivity contribution < 1.29 is 48.1 Å². The minimum Gasteiger partial charge on any atom is -0.489 e. The summed E-state index contributed by atoms with van der Waals surface area (Å²) in [6.07, 6.45) is 1.84. The smallest absolute Gasteiger partial charge is 0.326 e. The van der Waals surface area contributed by atoms with Gasteiger partial charge in [-0.15, -0.1) is 0 Å². The number of hydrogen-bond acceptors (Lipinski definition) is 8. The van der Waals surface area contributed by atoms with Crippen molar-refractivity contribution in [2.75, 3.05) is 6.54 Å². The van der Waals surface area contributed by atoms with Gasteiger partial charge in [-0.05, 0) is 43.0 Å².